The summed E-state index contributed by atoms with van der Waals surface area (Å²) in [5.41, 5.74) is 1.43. The number of benzene rings is 1. The third kappa shape index (κ3) is 3.36. The van der Waals surface area contributed by atoms with E-state index >= 15 is 0 Å². The third-order valence-corrected chi connectivity index (χ3v) is 5.20. The molecule has 0 saturated carbocycles. The van der Waals surface area contributed by atoms with Gasteiger partial charge in [-0.15, -0.1) is 0 Å². The Bertz CT molecular complexity index is 903. The molecule has 0 saturated heterocycles. The normalized spacial score (nSPS) is 10.8. The largest absolute Gasteiger partial charge is 0.329 e. The monoisotopic (exact) mass is 426 g/mol. The van der Waals surface area contributed by atoms with Crippen molar-refractivity contribution in [3.8, 4) is 0 Å². The highest BCUT2D eigenvalue weighted by molar-refractivity contribution is 9.10. The SMILES string of the molecule is Cn1c(C(=O)Nc2ccnn2Cc2ccccc2Br)cc(Cl)c1Cl. The molecule has 8 heteroatoms. The van der Waals surface area contributed by atoms with Crippen molar-refractivity contribution in [2.75, 3.05) is 5.32 Å². The highest BCUT2D eigenvalue weighted by Crippen LogP contribution is 2.26. The van der Waals surface area contributed by atoms with Crippen LogP contribution in [0, 0.1) is 0 Å². The van der Waals surface area contributed by atoms with E-state index in [1.165, 1.54) is 10.6 Å². The van der Waals surface area contributed by atoms with Gasteiger partial charge in [0.05, 0.1) is 17.8 Å². The average molecular weight is 428 g/mol. The fourth-order valence-electron chi connectivity index (χ4n) is 2.29. The van der Waals surface area contributed by atoms with Gasteiger partial charge in [-0.3, -0.25) is 4.79 Å². The Labute approximate surface area is 157 Å². The van der Waals surface area contributed by atoms with Gasteiger partial charge in [0.2, 0.25) is 0 Å². The van der Waals surface area contributed by atoms with E-state index in [-0.39, 0.29) is 5.91 Å². The molecule has 124 valence electrons. The highest BCUT2D eigenvalue weighted by Gasteiger charge is 2.17. The number of carbonyl (C=O) groups excluding carboxylic acids is 1. The number of hydrogen-bond acceptors (Lipinski definition) is 2. The van der Waals surface area contributed by atoms with E-state index in [0.717, 1.165) is 10.0 Å². The molecule has 1 aromatic carbocycles. The van der Waals surface area contributed by atoms with Gasteiger partial charge in [-0.25, -0.2) is 4.68 Å². The summed E-state index contributed by atoms with van der Waals surface area (Å²) in [6.45, 7) is 0.526. The van der Waals surface area contributed by atoms with Gasteiger partial charge in [-0.1, -0.05) is 57.3 Å². The Morgan fingerprint density at radius 3 is 2.71 bits per heavy atom. The Morgan fingerprint density at radius 2 is 2.04 bits per heavy atom. The van der Waals surface area contributed by atoms with Crippen LogP contribution < -0.4 is 5.32 Å². The minimum Gasteiger partial charge on any atom is -0.329 e. The van der Waals surface area contributed by atoms with Crippen LogP contribution in [0.3, 0.4) is 0 Å². The Kier molecular flexibility index (Phi) is 4.99. The van der Waals surface area contributed by atoms with Gasteiger partial charge in [0, 0.05) is 17.6 Å². The molecule has 1 N–H and O–H groups in total. The number of nitrogens with zero attached hydrogens (tertiary/aromatic N) is 3. The molecule has 0 atom stereocenters. The predicted octanol–water partition coefficient (Wildman–Crippen LogP) is 4.59. The molecule has 2 heterocycles. The number of anilines is 1. The first-order valence-electron chi connectivity index (χ1n) is 7.04. The molecule has 0 aliphatic carbocycles. The number of hydrogen-bond donors (Lipinski definition) is 1. The van der Waals surface area contributed by atoms with Crippen LogP contribution in [0.5, 0.6) is 0 Å². The van der Waals surface area contributed by atoms with Crippen molar-refractivity contribution < 1.29 is 4.79 Å². The smallest absolute Gasteiger partial charge is 0.273 e. The van der Waals surface area contributed by atoms with Gasteiger partial charge in [0.1, 0.15) is 16.7 Å². The zero-order chi connectivity index (χ0) is 17.3. The van der Waals surface area contributed by atoms with Crippen molar-refractivity contribution in [3.05, 3.63) is 68.5 Å². The van der Waals surface area contributed by atoms with Crippen LogP contribution in [-0.4, -0.2) is 20.3 Å². The third-order valence-electron chi connectivity index (χ3n) is 3.59. The number of halogens is 3. The topological polar surface area (TPSA) is 51.9 Å². The fourth-order valence-corrected chi connectivity index (χ4v) is 3.08. The summed E-state index contributed by atoms with van der Waals surface area (Å²) in [4.78, 5) is 12.5. The first-order valence-corrected chi connectivity index (χ1v) is 8.59. The second-order valence-electron chi connectivity index (χ2n) is 5.15. The van der Waals surface area contributed by atoms with Crippen LogP contribution in [0.25, 0.3) is 0 Å². The van der Waals surface area contributed by atoms with Gasteiger partial charge in [-0.2, -0.15) is 5.10 Å². The summed E-state index contributed by atoms with van der Waals surface area (Å²) < 4.78 is 4.23. The van der Waals surface area contributed by atoms with E-state index in [0.29, 0.717) is 28.2 Å². The number of carbonyl (C=O) groups is 1. The lowest BCUT2D eigenvalue weighted by molar-refractivity contribution is 0.101. The molecule has 3 aromatic rings. The maximum atomic E-state index is 12.5. The Balaban J connectivity index is 1.82. The summed E-state index contributed by atoms with van der Waals surface area (Å²) in [5.74, 6) is 0.282. The van der Waals surface area contributed by atoms with E-state index in [1.54, 1.807) is 24.0 Å². The number of nitrogens with one attached hydrogen (secondary N) is 1. The molecular formula is C16H13BrCl2N4O. The van der Waals surface area contributed by atoms with Gasteiger partial charge < -0.3 is 9.88 Å². The van der Waals surface area contributed by atoms with Crippen LogP contribution >= 0.6 is 39.1 Å². The Morgan fingerprint density at radius 1 is 1.29 bits per heavy atom. The second kappa shape index (κ2) is 7.01. The summed E-state index contributed by atoms with van der Waals surface area (Å²) in [6, 6.07) is 11.1. The van der Waals surface area contributed by atoms with Crippen molar-refractivity contribution in [2.45, 2.75) is 6.54 Å². The predicted molar refractivity (Wildman–Crippen MR) is 98.9 cm³/mol. The van der Waals surface area contributed by atoms with Crippen LogP contribution in [0.4, 0.5) is 5.82 Å². The zero-order valence-electron chi connectivity index (χ0n) is 12.6. The minimum atomic E-state index is -0.305. The van der Waals surface area contributed by atoms with E-state index in [1.807, 2.05) is 24.3 Å². The molecule has 2 aromatic heterocycles. The first kappa shape index (κ1) is 17.1. The summed E-state index contributed by atoms with van der Waals surface area (Å²) in [6.07, 6.45) is 1.64. The van der Waals surface area contributed by atoms with Crippen LogP contribution in [0.15, 0.2) is 47.1 Å². The molecule has 5 nitrogen and oxygen atoms in total. The molecule has 0 spiro atoms. The quantitative estimate of drug-likeness (QED) is 0.661. The van der Waals surface area contributed by atoms with Crippen LogP contribution in [0.2, 0.25) is 10.2 Å². The van der Waals surface area contributed by atoms with Gasteiger partial charge in [0.25, 0.3) is 5.91 Å². The standard InChI is InChI=1S/C16H13BrCl2N4O/c1-22-13(8-12(18)15(22)19)16(24)21-14-6-7-20-23(14)9-10-4-2-3-5-11(10)17/h2-8H,9H2,1H3,(H,21,24). The maximum absolute atomic E-state index is 12.5. The molecule has 0 bridgehead atoms. The molecule has 0 unspecified atom stereocenters. The highest BCUT2D eigenvalue weighted by atomic mass is 79.9. The molecular weight excluding hydrogens is 415 g/mol. The summed E-state index contributed by atoms with van der Waals surface area (Å²) >= 11 is 15.5. The number of rotatable bonds is 4. The molecule has 1 amide bonds. The van der Waals surface area contributed by atoms with Crippen molar-refractivity contribution in [1.82, 2.24) is 14.3 Å². The van der Waals surface area contributed by atoms with E-state index < -0.39 is 0 Å². The van der Waals surface area contributed by atoms with Crippen molar-refractivity contribution in [1.29, 1.82) is 0 Å². The average Bonchev–Trinajstić information content (AvgIpc) is 3.09. The first-order chi connectivity index (χ1) is 11.5. The summed E-state index contributed by atoms with van der Waals surface area (Å²) in [7, 11) is 1.68. The number of aromatic nitrogens is 3. The van der Waals surface area contributed by atoms with E-state index in [4.69, 9.17) is 23.2 Å². The van der Waals surface area contributed by atoms with Gasteiger partial charge >= 0.3 is 0 Å². The van der Waals surface area contributed by atoms with Gasteiger partial charge in [0.15, 0.2) is 0 Å². The molecule has 0 aliphatic heterocycles. The second-order valence-corrected chi connectivity index (χ2v) is 6.77. The maximum Gasteiger partial charge on any atom is 0.273 e. The lowest BCUT2D eigenvalue weighted by Crippen LogP contribution is -2.18. The molecule has 3 rings (SSSR count). The molecule has 0 radical (unpaired) electrons. The molecule has 0 aliphatic rings. The minimum absolute atomic E-state index is 0.305. The Hall–Kier alpha value is -1.76. The molecule has 0 fully saturated rings. The van der Waals surface area contributed by atoms with Crippen molar-refractivity contribution in [3.63, 3.8) is 0 Å². The summed E-state index contributed by atoms with van der Waals surface area (Å²) in [5, 5.41) is 7.76. The van der Waals surface area contributed by atoms with Gasteiger partial charge in [-0.05, 0) is 17.7 Å². The van der Waals surface area contributed by atoms with Crippen LogP contribution in [0.1, 0.15) is 16.1 Å². The lowest BCUT2D eigenvalue weighted by Gasteiger charge is -2.10. The zero-order valence-corrected chi connectivity index (χ0v) is 15.7. The lowest BCUT2D eigenvalue weighted by atomic mass is 10.2. The van der Waals surface area contributed by atoms with E-state index in [2.05, 4.69) is 26.3 Å². The van der Waals surface area contributed by atoms with E-state index in [9.17, 15) is 4.79 Å². The van der Waals surface area contributed by atoms with Crippen molar-refractivity contribution >= 4 is 50.9 Å². The fraction of sp³-hybridized carbons (Fsp3) is 0.125. The van der Waals surface area contributed by atoms with Crippen LogP contribution in [-0.2, 0) is 13.6 Å². The molecule has 24 heavy (non-hydrogen) atoms. The number of amides is 1. The van der Waals surface area contributed by atoms with Crippen molar-refractivity contribution in [2.24, 2.45) is 7.05 Å².